The van der Waals surface area contributed by atoms with Gasteiger partial charge in [-0.25, -0.2) is 4.98 Å². The first-order valence-electron chi connectivity index (χ1n) is 12.4. The van der Waals surface area contributed by atoms with Crippen LogP contribution in [0, 0.1) is 6.92 Å². The van der Waals surface area contributed by atoms with Crippen molar-refractivity contribution in [3.63, 3.8) is 0 Å². The maximum absolute atomic E-state index is 9.61. The Hall–Kier alpha value is -2.48. The summed E-state index contributed by atoms with van der Waals surface area (Å²) in [4.78, 5) is 17.3. The summed E-state index contributed by atoms with van der Waals surface area (Å²) in [5, 5.41) is 9.61. The molecule has 2 fully saturated rings. The van der Waals surface area contributed by atoms with E-state index in [1.54, 1.807) is 0 Å². The number of imidazole rings is 1. The number of hydrogen-bond donors (Lipinski definition) is 1. The number of anilines is 1. The minimum absolute atomic E-state index is 0.204. The lowest BCUT2D eigenvalue weighted by molar-refractivity contribution is 0.0694. The van der Waals surface area contributed by atoms with Crippen molar-refractivity contribution in [3.05, 3.63) is 59.7 Å². The van der Waals surface area contributed by atoms with Gasteiger partial charge in [0.05, 0.1) is 23.5 Å². The molecule has 0 spiro atoms. The highest BCUT2D eigenvalue weighted by Gasteiger charge is 2.35. The van der Waals surface area contributed by atoms with Crippen molar-refractivity contribution in [2.75, 3.05) is 51.3 Å². The van der Waals surface area contributed by atoms with Gasteiger partial charge in [0.2, 0.25) is 0 Å². The third kappa shape index (κ3) is 4.50. The van der Waals surface area contributed by atoms with E-state index in [0.29, 0.717) is 0 Å². The smallest absolute Gasteiger partial charge is 0.138 e. The number of aromatic nitrogens is 3. The van der Waals surface area contributed by atoms with Crippen molar-refractivity contribution >= 4 is 11.5 Å². The standard InChI is InChI=1S/C26H36N6O/c1-20-7-5-12-27-26(20)23-9-3-8-22(31(23)13-6-18-33)21-19-32-24(28-21)10-4-11-25(32)30-16-14-29(2)15-17-30/h4-5,7,10-12,19,22-23,33H,3,6,8-9,13-18H2,1-2H3/t22?,23-/m0/s1. The Kier molecular flexibility index (Phi) is 6.62. The van der Waals surface area contributed by atoms with E-state index in [1.807, 2.05) is 12.3 Å². The van der Waals surface area contributed by atoms with E-state index in [2.05, 4.69) is 63.5 Å². The number of aryl methyl sites for hydroxylation is 1. The van der Waals surface area contributed by atoms with Crippen molar-refractivity contribution < 1.29 is 5.11 Å². The third-order valence-corrected chi connectivity index (χ3v) is 7.35. The number of piperazine rings is 1. The summed E-state index contributed by atoms with van der Waals surface area (Å²) in [6, 6.07) is 11.1. The minimum Gasteiger partial charge on any atom is -0.396 e. The molecule has 176 valence electrons. The van der Waals surface area contributed by atoms with Crippen LogP contribution >= 0.6 is 0 Å². The zero-order chi connectivity index (χ0) is 22.8. The van der Waals surface area contributed by atoms with Gasteiger partial charge in [-0.15, -0.1) is 0 Å². The molecule has 1 N–H and O–H groups in total. The molecule has 0 aliphatic carbocycles. The van der Waals surface area contributed by atoms with Gasteiger partial charge < -0.3 is 14.9 Å². The van der Waals surface area contributed by atoms with Gasteiger partial charge >= 0.3 is 0 Å². The topological polar surface area (TPSA) is 60.1 Å². The molecule has 0 aromatic carbocycles. The van der Waals surface area contributed by atoms with Gasteiger partial charge in [0, 0.05) is 51.7 Å². The number of rotatable bonds is 6. The Bertz CT molecular complexity index is 1070. The lowest BCUT2D eigenvalue weighted by Crippen LogP contribution is -2.45. The highest BCUT2D eigenvalue weighted by Crippen LogP contribution is 2.41. The van der Waals surface area contributed by atoms with E-state index < -0.39 is 0 Å². The van der Waals surface area contributed by atoms with Gasteiger partial charge in [-0.05, 0) is 63.4 Å². The number of pyridine rings is 2. The van der Waals surface area contributed by atoms with Crippen LogP contribution in [0.4, 0.5) is 5.82 Å². The fraction of sp³-hybridized carbons (Fsp3) is 0.538. The Labute approximate surface area is 196 Å². The minimum atomic E-state index is 0.204. The van der Waals surface area contributed by atoms with E-state index in [4.69, 9.17) is 9.97 Å². The number of likely N-dealkylation sites (N-methyl/N-ethyl adjacent to an activating group) is 1. The maximum Gasteiger partial charge on any atom is 0.138 e. The van der Waals surface area contributed by atoms with Crippen LogP contribution in [-0.2, 0) is 0 Å². The van der Waals surface area contributed by atoms with Gasteiger partial charge in [-0.3, -0.25) is 14.3 Å². The predicted octanol–water partition coefficient (Wildman–Crippen LogP) is 3.44. The molecule has 0 saturated carbocycles. The molecule has 3 aromatic rings. The number of likely N-dealkylation sites (tertiary alicyclic amines) is 1. The van der Waals surface area contributed by atoms with Gasteiger partial charge in [-0.2, -0.15) is 0 Å². The quantitative estimate of drug-likeness (QED) is 0.623. The SMILES string of the molecule is Cc1cccnc1[C@@H]1CCCC(c2cn3c(N4CCN(C)CC4)cccc3n2)N1CCCO. The molecule has 33 heavy (non-hydrogen) atoms. The van der Waals surface area contributed by atoms with E-state index in [1.165, 1.54) is 17.1 Å². The molecule has 2 saturated heterocycles. The average molecular weight is 449 g/mol. The lowest BCUT2D eigenvalue weighted by Gasteiger charge is -2.41. The van der Waals surface area contributed by atoms with E-state index in [-0.39, 0.29) is 18.7 Å². The first kappa shape index (κ1) is 22.3. The van der Waals surface area contributed by atoms with E-state index in [0.717, 1.165) is 69.7 Å². The second kappa shape index (κ2) is 9.79. The van der Waals surface area contributed by atoms with Crippen LogP contribution < -0.4 is 4.90 Å². The first-order chi connectivity index (χ1) is 16.2. The highest BCUT2D eigenvalue weighted by molar-refractivity contribution is 5.53. The largest absolute Gasteiger partial charge is 0.396 e. The van der Waals surface area contributed by atoms with Crippen molar-refractivity contribution in [3.8, 4) is 0 Å². The highest BCUT2D eigenvalue weighted by atomic mass is 16.3. The zero-order valence-corrected chi connectivity index (χ0v) is 19.9. The molecule has 7 nitrogen and oxygen atoms in total. The predicted molar refractivity (Wildman–Crippen MR) is 132 cm³/mol. The monoisotopic (exact) mass is 448 g/mol. The molecular weight excluding hydrogens is 412 g/mol. The number of fused-ring (bicyclic) bond motifs is 1. The summed E-state index contributed by atoms with van der Waals surface area (Å²) in [7, 11) is 2.19. The molecule has 0 radical (unpaired) electrons. The Morgan fingerprint density at radius 2 is 1.85 bits per heavy atom. The van der Waals surface area contributed by atoms with E-state index in [9.17, 15) is 5.11 Å². The van der Waals surface area contributed by atoms with Crippen LogP contribution in [-0.4, -0.2) is 75.7 Å². The molecule has 0 amide bonds. The molecule has 3 aromatic heterocycles. The summed E-state index contributed by atoms with van der Waals surface area (Å²) in [6.07, 6.45) is 8.26. The van der Waals surface area contributed by atoms with E-state index >= 15 is 0 Å². The molecule has 0 bridgehead atoms. The van der Waals surface area contributed by atoms with Crippen LogP contribution in [0.15, 0.2) is 42.7 Å². The number of aliphatic hydroxyl groups is 1. The van der Waals surface area contributed by atoms with Crippen molar-refractivity contribution in [2.45, 2.75) is 44.7 Å². The van der Waals surface area contributed by atoms with Gasteiger partial charge in [0.25, 0.3) is 0 Å². The fourth-order valence-electron chi connectivity index (χ4n) is 5.55. The Morgan fingerprint density at radius 1 is 1.03 bits per heavy atom. The van der Waals surface area contributed by atoms with Gasteiger partial charge in [0.15, 0.2) is 0 Å². The number of hydrogen-bond acceptors (Lipinski definition) is 6. The van der Waals surface area contributed by atoms with Crippen molar-refractivity contribution in [1.82, 2.24) is 24.2 Å². The molecule has 2 aliphatic heterocycles. The first-order valence-corrected chi connectivity index (χ1v) is 12.4. The molecule has 2 atom stereocenters. The second-order valence-corrected chi connectivity index (χ2v) is 9.55. The number of nitrogens with zero attached hydrogens (tertiary/aromatic N) is 6. The summed E-state index contributed by atoms with van der Waals surface area (Å²) < 4.78 is 2.28. The Morgan fingerprint density at radius 3 is 2.64 bits per heavy atom. The van der Waals surface area contributed by atoms with Gasteiger partial charge in [0.1, 0.15) is 11.5 Å². The second-order valence-electron chi connectivity index (χ2n) is 9.55. The summed E-state index contributed by atoms with van der Waals surface area (Å²) >= 11 is 0. The molecule has 5 heterocycles. The zero-order valence-electron chi connectivity index (χ0n) is 19.9. The summed E-state index contributed by atoms with van der Waals surface area (Å²) in [6.45, 7) is 7.45. The van der Waals surface area contributed by atoms with Gasteiger partial charge in [-0.1, -0.05) is 12.1 Å². The molecule has 1 unspecified atom stereocenters. The Balaban J connectivity index is 1.49. The summed E-state index contributed by atoms with van der Waals surface area (Å²) in [5.41, 5.74) is 4.55. The summed E-state index contributed by atoms with van der Waals surface area (Å²) in [5.74, 6) is 1.23. The van der Waals surface area contributed by atoms with Crippen LogP contribution in [0.3, 0.4) is 0 Å². The van der Waals surface area contributed by atoms with Crippen molar-refractivity contribution in [2.24, 2.45) is 0 Å². The third-order valence-electron chi connectivity index (χ3n) is 7.35. The van der Waals surface area contributed by atoms with Crippen LogP contribution in [0.25, 0.3) is 5.65 Å². The molecular formula is C26H36N6O. The molecule has 5 rings (SSSR count). The normalized spacial score (nSPS) is 22.8. The average Bonchev–Trinajstić information content (AvgIpc) is 3.28. The van der Waals surface area contributed by atoms with Crippen LogP contribution in [0.2, 0.25) is 0 Å². The number of piperidine rings is 1. The van der Waals surface area contributed by atoms with Crippen LogP contribution in [0.1, 0.15) is 54.7 Å². The number of aliphatic hydroxyl groups excluding tert-OH is 1. The maximum atomic E-state index is 9.61. The van der Waals surface area contributed by atoms with Crippen LogP contribution in [0.5, 0.6) is 0 Å². The molecule has 7 heteroatoms. The lowest BCUT2D eigenvalue weighted by atomic mass is 9.90. The van der Waals surface area contributed by atoms with Crippen molar-refractivity contribution in [1.29, 1.82) is 0 Å². The molecule has 2 aliphatic rings. The fourth-order valence-corrected chi connectivity index (χ4v) is 5.55.